The molecule has 1 heterocycles. The first-order valence-corrected chi connectivity index (χ1v) is 7.61. The molecule has 1 aromatic rings. The number of anilines is 1. The molecule has 1 aromatic heterocycles. The largest absolute Gasteiger partial charge is 0.395 e. The summed E-state index contributed by atoms with van der Waals surface area (Å²) in [6.45, 7) is 6.44. The summed E-state index contributed by atoms with van der Waals surface area (Å²) in [5.74, 6) is 1.16. The highest BCUT2D eigenvalue weighted by Crippen LogP contribution is 2.34. The smallest absolute Gasteiger partial charge is 0.271 e. The topological polar surface area (TPSA) is 72.9 Å². The third-order valence-corrected chi connectivity index (χ3v) is 4.78. The molecule has 1 aliphatic rings. The Bertz CT molecular complexity index is 494. The number of nitrogens with two attached hydrogens (primary N) is 1. The monoisotopic (exact) mass is 278 g/mol. The highest BCUT2D eigenvalue weighted by molar-refractivity contribution is 5.98. The molecule has 0 aromatic carbocycles. The molecule has 0 spiro atoms. The molecule has 0 aliphatic heterocycles. The number of nitrogens with zero attached hydrogens (tertiary/aromatic N) is 2. The van der Waals surface area contributed by atoms with E-state index in [0.717, 1.165) is 24.5 Å². The van der Waals surface area contributed by atoms with E-state index < -0.39 is 0 Å². The van der Waals surface area contributed by atoms with E-state index in [1.165, 1.54) is 12.8 Å². The Morgan fingerprint density at radius 3 is 2.65 bits per heavy atom. The summed E-state index contributed by atoms with van der Waals surface area (Å²) in [5.41, 5.74) is 7.84. The molecule has 3 unspecified atom stereocenters. The van der Waals surface area contributed by atoms with Gasteiger partial charge in [0.15, 0.2) is 0 Å². The maximum atomic E-state index is 12.5. The fourth-order valence-corrected chi connectivity index (χ4v) is 3.39. The first kappa shape index (κ1) is 14.9. The van der Waals surface area contributed by atoms with Crippen molar-refractivity contribution in [1.82, 2.24) is 15.1 Å². The molecule has 1 fully saturated rings. The lowest BCUT2D eigenvalue weighted by molar-refractivity contribution is 0.0918. The molecule has 1 amide bonds. The van der Waals surface area contributed by atoms with Crippen LogP contribution >= 0.6 is 0 Å². The number of aromatic nitrogens is 2. The minimum atomic E-state index is -0.0918. The van der Waals surface area contributed by atoms with Crippen LogP contribution in [0.5, 0.6) is 0 Å². The number of rotatable bonds is 4. The van der Waals surface area contributed by atoms with E-state index in [4.69, 9.17) is 5.73 Å². The molecule has 0 saturated heterocycles. The Morgan fingerprint density at radius 2 is 2.15 bits per heavy atom. The van der Waals surface area contributed by atoms with Gasteiger partial charge < -0.3 is 11.1 Å². The summed E-state index contributed by atoms with van der Waals surface area (Å²) in [5, 5.41) is 7.45. The maximum absolute atomic E-state index is 12.5. The van der Waals surface area contributed by atoms with Crippen molar-refractivity contribution in [2.45, 2.75) is 52.5 Å². The van der Waals surface area contributed by atoms with Crippen LogP contribution in [0.25, 0.3) is 0 Å². The van der Waals surface area contributed by atoms with Crippen molar-refractivity contribution in [3.05, 3.63) is 11.4 Å². The lowest BCUT2D eigenvalue weighted by Gasteiger charge is -2.21. The van der Waals surface area contributed by atoms with E-state index in [2.05, 4.69) is 24.3 Å². The minimum absolute atomic E-state index is 0.0918. The summed E-state index contributed by atoms with van der Waals surface area (Å²) in [4.78, 5) is 12.5. The van der Waals surface area contributed by atoms with Gasteiger partial charge in [-0.3, -0.25) is 9.48 Å². The van der Waals surface area contributed by atoms with Crippen LogP contribution in [-0.2, 0) is 13.5 Å². The van der Waals surface area contributed by atoms with Crippen molar-refractivity contribution >= 4 is 11.6 Å². The summed E-state index contributed by atoms with van der Waals surface area (Å²) < 4.78 is 1.60. The van der Waals surface area contributed by atoms with Gasteiger partial charge >= 0.3 is 0 Å². The van der Waals surface area contributed by atoms with Crippen molar-refractivity contribution in [2.24, 2.45) is 18.9 Å². The predicted molar refractivity (Wildman–Crippen MR) is 80.4 cm³/mol. The fourth-order valence-electron chi connectivity index (χ4n) is 3.39. The van der Waals surface area contributed by atoms with E-state index in [1.54, 1.807) is 11.7 Å². The van der Waals surface area contributed by atoms with Crippen LogP contribution in [0.2, 0.25) is 0 Å². The van der Waals surface area contributed by atoms with Crippen LogP contribution in [0.4, 0.5) is 5.69 Å². The number of aryl methyl sites for hydroxylation is 2. The Morgan fingerprint density at radius 1 is 1.45 bits per heavy atom. The van der Waals surface area contributed by atoms with Crippen LogP contribution in [0.3, 0.4) is 0 Å². The molecule has 5 heteroatoms. The molecule has 112 valence electrons. The van der Waals surface area contributed by atoms with Gasteiger partial charge in [-0.25, -0.2) is 0 Å². The van der Waals surface area contributed by atoms with Crippen molar-refractivity contribution in [2.75, 3.05) is 5.73 Å². The Kier molecular flexibility index (Phi) is 4.35. The number of carbonyl (C=O) groups excluding carboxylic acids is 1. The van der Waals surface area contributed by atoms with Crippen LogP contribution < -0.4 is 11.1 Å². The van der Waals surface area contributed by atoms with E-state index in [-0.39, 0.29) is 11.9 Å². The fraction of sp³-hybridized carbons (Fsp3) is 0.733. The zero-order valence-corrected chi connectivity index (χ0v) is 12.9. The molecule has 20 heavy (non-hydrogen) atoms. The molecule has 1 saturated carbocycles. The normalized spacial score (nSPS) is 25.9. The predicted octanol–water partition coefficient (Wildman–Crippen LogP) is 2.12. The van der Waals surface area contributed by atoms with Crippen LogP contribution in [0, 0.1) is 11.8 Å². The molecular formula is C15H26N4O. The average Bonchev–Trinajstić information content (AvgIpc) is 2.90. The highest BCUT2D eigenvalue weighted by Gasteiger charge is 2.33. The SMILES string of the molecule is CCc1nn(C)c(C(=O)NC2CCC(CC)C2C)c1N. The van der Waals surface area contributed by atoms with Gasteiger partial charge in [0, 0.05) is 13.1 Å². The number of carbonyl (C=O) groups is 1. The second kappa shape index (κ2) is 5.85. The highest BCUT2D eigenvalue weighted by atomic mass is 16.2. The molecular weight excluding hydrogens is 252 g/mol. The summed E-state index contributed by atoms with van der Waals surface area (Å²) in [6, 6.07) is 0.256. The summed E-state index contributed by atoms with van der Waals surface area (Å²) in [6.07, 6.45) is 4.18. The molecule has 5 nitrogen and oxygen atoms in total. The minimum Gasteiger partial charge on any atom is -0.395 e. The molecule has 0 bridgehead atoms. The molecule has 0 radical (unpaired) electrons. The van der Waals surface area contributed by atoms with Gasteiger partial charge in [0.2, 0.25) is 0 Å². The summed E-state index contributed by atoms with van der Waals surface area (Å²) in [7, 11) is 1.78. The second-order valence-electron chi connectivity index (χ2n) is 5.87. The molecule has 2 rings (SSSR count). The first-order valence-electron chi connectivity index (χ1n) is 7.61. The van der Waals surface area contributed by atoms with E-state index >= 15 is 0 Å². The first-order chi connectivity index (χ1) is 9.49. The number of hydrogen-bond donors (Lipinski definition) is 2. The number of hydrogen-bond acceptors (Lipinski definition) is 3. The third kappa shape index (κ3) is 2.53. The maximum Gasteiger partial charge on any atom is 0.271 e. The number of nitrogens with one attached hydrogen (secondary N) is 1. The van der Waals surface area contributed by atoms with Crippen molar-refractivity contribution in [3.8, 4) is 0 Å². The Hall–Kier alpha value is -1.52. The second-order valence-corrected chi connectivity index (χ2v) is 5.87. The quantitative estimate of drug-likeness (QED) is 0.886. The molecule has 3 N–H and O–H groups in total. The van der Waals surface area contributed by atoms with E-state index in [0.29, 0.717) is 17.3 Å². The number of nitrogen functional groups attached to an aromatic ring is 1. The van der Waals surface area contributed by atoms with Crippen LogP contribution in [-0.4, -0.2) is 21.7 Å². The van der Waals surface area contributed by atoms with Gasteiger partial charge in [0.1, 0.15) is 5.69 Å². The van der Waals surface area contributed by atoms with Gasteiger partial charge in [-0.05, 0) is 31.1 Å². The number of amides is 1. The Labute approximate surface area is 120 Å². The van der Waals surface area contributed by atoms with E-state index in [1.807, 2.05) is 6.92 Å². The summed E-state index contributed by atoms with van der Waals surface area (Å²) >= 11 is 0. The van der Waals surface area contributed by atoms with Crippen molar-refractivity contribution < 1.29 is 4.79 Å². The van der Waals surface area contributed by atoms with Crippen LogP contribution in [0.1, 0.15) is 56.2 Å². The van der Waals surface area contributed by atoms with Gasteiger partial charge in [-0.2, -0.15) is 5.10 Å². The van der Waals surface area contributed by atoms with E-state index in [9.17, 15) is 4.79 Å². The molecule has 1 aliphatic carbocycles. The molecule has 3 atom stereocenters. The van der Waals surface area contributed by atoms with Crippen LogP contribution in [0.15, 0.2) is 0 Å². The van der Waals surface area contributed by atoms with Crippen molar-refractivity contribution in [1.29, 1.82) is 0 Å². The van der Waals surface area contributed by atoms with Gasteiger partial charge in [-0.15, -0.1) is 0 Å². The zero-order chi connectivity index (χ0) is 14.9. The van der Waals surface area contributed by atoms with Gasteiger partial charge in [-0.1, -0.05) is 27.2 Å². The standard InChI is InChI=1S/C15H26N4O/c1-5-10-7-8-12(9(10)3)17-15(20)14-13(16)11(6-2)18-19(14)4/h9-10,12H,5-8,16H2,1-4H3,(H,17,20). The van der Waals surface area contributed by atoms with Gasteiger partial charge in [0.25, 0.3) is 5.91 Å². The third-order valence-electron chi connectivity index (χ3n) is 4.78. The lowest BCUT2D eigenvalue weighted by Crippen LogP contribution is -2.38. The zero-order valence-electron chi connectivity index (χ0n) is 12.9. The van der Waals surface area contributed by atoms with Gasteiger partial charge in [0.05, 0.1) is 11.4 Å². The lowest BCUT2D eigenvalue weighted by atomic mass is 9.93. The Balaban J connectivity index is 2.11. The van der Waals surface area contributed by atoms with Crippen molar-refractivity contribution in [3.63, 3.8) is 0 Å². The average molecular weight is 278 g/mol.